The molecule has 0 aromatic heterocycles. The lowest BCUT2D eigenvalue weighted by Gasteiger charge is -2.12. The van der Waals surface area contributed by atoms with Crippen molar-refractivity contribution in [1.82, 2.24) is 0 Å². The van der Waals surface area contributed by atoms with Gasteiger partial charge < -0.3 is 11.1 Å². The molecule has 4 heteroatoms. The Morgan fingerprint density at radius 3 is 0.932 bits per heavy atom. The summed E-state index contributed by atoms with van der Waals surface area (Å²) in [6, 6.07) is 0. The Hall–Kier alpha value is -2.28. The summed E-state index contributed by atoms with van der Waals surface area (Å²) in [5.41, 5.74) is 26.4. The maximum Gasteiger partial charge on any atom is 0.292 e. The van der Waals surface area contributed by atoms with Gasteiger partial charge in [0, 0.05) is 25.0 Å². The lowest BCUT2D eigenvalue weighted by atomic mass is 9.92. The summed E-state index contributed by atoms with van der Waals surface area (Å²) in [7, 11) is 0. The summed E-state index contributed by atoms with van der Waals surface area (Å²) < 4.78 is 0. The molecule has 0 amide bonds. The Labute approximate surface area is 270 Å². The molecule has 0 heterocycles. The van der Waals surface area contributed by atoms with Crippen LogP contribution in [0.5, 0.6) is 0 Å². The predicted octanol–water partition coefficient (Wildman–Crippen LogP) is 12.8. The van der Waals surface area contributed by atoms with Crippen LogP contribution < -0.4 is 0 Å². The summed E-state index contributed by atoms with van der Waals surface area (Å²) in [6.45, 7) is 0. The Bertz CT molecular complexity index is 1050. The van der Waals surface area contributed by atoms with Crippen LogP contribution in [0.4, 0.5) is 0 Å². The fraction of sp³-hybridized carbons (Fsp3) is 0.750. The summed E-state index contributed by atoms with van der Waals surface area (Å²) >= 11 is 0. The predicted molar refractivity (Wildman–Crippen MR) is 188 cm³/mol. The van der Waals surface area contributed by atoms with Crippen LogP contribution >= 0.6 is 0 Å². The molecule has 0 N–H and O–H groups in total. The third-order valence-corrected chi connectivity index (χ3v) is 10.1. The van der Waals surface area contributed by atoms with Crippen molar-refractivity contribution in [3.63, 3.8) is 0 Å². The average molecular weight is 601 g/mol. The molecule has 0 atom stereocenters. The maximum atomic E-state index is 9.40. The zero-order valence-electron chi connectivity index (χ0n) is 28.3. The minimum absolute atomic E-state index is 0.877. The molecular weight excluding hydrogens is 536 g/mol. The van der Waals surface area contributed by atoms with Gasteiger partial charge in [0.2, 0.25) is 0 Å². The van der Waals surface area contributed by atoms with E-state index in [4.69, 9.17) is 0 Å². The highest BCUT2D eigenvalue weighted by atomic mass is 14.9. The van der Waals surface area contributed by atoms with Crippen LogP contribution in [-0.2, 0) is 0 Å². The molecule has 0 radical (unpaired) electrons. The van der Waals surface area contributed by atoms with Crippen molar-refractivity contribution in [2.24, 2.45) is 0 Å². The van der Waals surface area contributed by atoms with Gasteiger partial charge in [0.05, 0.1) is 0 Å². The molecule has 0 unspecified atom stereocenters. The lowest BCUT2D eigenvalue weighted by molar-refractivity contribution is -0.00695. The first-order valence-corrected chi connectivity index (χ1v) is 19.0. The maximum absolute atomic E-state index is 9.40. The molecule has 4 nitrogen and oxygen atoms in total. The first-order valence-electron chi connectivity index (χ1n) is 19.0. The molecule has 0 fully saturated rings. The third kappa shape index (κ3) is 15.6. The van der Waals surface area contributed by atoms with E-state index < -0.39 is 0 Å². The number of hydrogen-bond donors (Lipinski definition) is 0. The number of hydrogen-bond acceptors (Lipinski definition) is 0. The first kappa shape index (κ1) is 36.2. The average Bonchev–Trinajstić information content (AvgIpc) is 3.19. The Balaban J connectivity index is 0.000000244. The Morgan fingerprint density at radius 1 is 0.318 bits per heavy atom. The molecule has 4 aliphatic rings. The Kier molecular flexibility index (Phi) is 19.8. The molecule has 0 aromatic rings. The van der Waals surface area contributed by atoms with Crippen molar-refractivity contribution in [3.8, 4) is 0 Å². The monoisotopic (exact) mass is 601 g/mol. The summed E-state index contributed by atoms with van der Waals surface area (Å²) in [4.78, 5) is 7.11. The van der Waals surface area contributed by atoms with Crippen molar-refractivity contribution < 1.29 is 9.58 Å². The highest BCUT2D eigenvalue weighted by molar-refractivity contribution is 5.92. The van der Waals surface area contributed by atoms with Gasteiger partial charge in [-0.25, -0.2) is 0 Å². The Morgan fingerprint density at radius 2 is 0.591 bits per heavy atom. The topological polar surface area (TPSA) is 72.8 Å². The molecule has 0 aliphatic heterocycles. The van der Waals surface area contributed by atoms with Crippen LogP contribution in [0.1, 0.15) is 193 Å². The molecular formula is C40H64N4. The van der Waals surface area contributed by atoms with E-state index in [1.165, 1.54) is 171 Å². The highest BCUT2D eigenvalue weighted by Gasteiger charge is 2.15. The van der Waals surface area contributed by atoms with Gasteiger partial charge >= 0.3 is 0 Å². The standard InChI is InChI=1S/C22H36N2.C18H28N2/c23-24-22-18-14-10-6-5-9-13-17-21(19-22)20-15-11-7-3-1-2-4-8-12-16-20;19-20-18-14-10-6-5-9-13-17(15-18)16-11-7-3-1-2-4-8-12-16/h15,19H,1-14,16-18H2;11,15H,1-10,12-14H2. The number of nitrogens with zero attached hydrogens (tertiary/aromatic N) is 4. The quantitative estimate of drug-likeness (QED) is 0.223. The number of rotatable bonds is 2. The van der Waals surface area contributed by atoms with Crippen LogP contribution in [0.25, 0.3) is 11.1 Å². The van der Waals surface area contributed by atoms with Gasteiger partial charge in [0.1, 0.15) is 0 Å². The van der Waals surface area contributed by atoms with E-state index in [0.29, 0.717) is 0 Å². The van der Waals surface area contributed by atoms with Gasteiger partial charge in [-0.3, -0.25) is 0 Å². The van der Waals surface area contributed by atoms with Crippen molar-refractivity contribution in [2.75, 3.05) is 0 Å². The van der Waals surface area contributed by atoms with Crippen molar-refractivity contribution in [3.05, 3.63) is 57.7 Å². The summed E-state index contributed by atoms with van der Waals surface area (Å²) in [6.07, 6.45) is 47.5. The lowest BCUT2D eigenvalue weighted by Crippen LogP contribution is -2.00. The fourth-order valence-corrected chi connectivity index (χ4v) is 7.33. The van der Waals surface area contributed by atoms with Crippen LogP contribution in [0.15, 0.2) is 46.6 Å². The summed E-state index contributed by atoms with van der Waals surface area (Å²) in [5.74, 6) is 0. The third-order valence-electron chi connectivity index (χ3n) is 10.1. The first-order chi connectivity index (χ1) is 21.8. The van der Waals surface area contributed by atoms with Crippen molar-refractivity contribution >= 4 is 11.4 Å². The zero-order chi connectivity index (χ0) is 30.9. The fourth-order valence-electron chi connectivity index (χ4n) is 7.33. The van der Waals surface area contributed by atoms with E-state index in [-0.39, 0.29) is 0 Å². The van der Waals surface area contributed by atoms with Crippen molar-refractivity contribution in [1.29, 1.82) is 0 Å². The molecule has 0 saturated heterocycles. The molecule has 0 saturated carbocycles. The number of allylic oxidation sites excluding steroid dienone is 8. The second-order valence-electron chi connectivity index (χ2n) is 13.8. The van der Waals surface area contributed by atoms with Crippen LogP contribution in [0.2, 0.25) is 0 Å². The van der Waals surface area contributed by atoms with E-state index in [9.17, 15) is 11.1 Å². The van der Waals surface area contributed by atoms with Crippen LogP contribution in [0.3, 0.4) is 0 Å². The molecule has 44 heavy (non-hydrogen) atoms. The second-order valence-corrected chi connectivity index (χ2v) is 13.8. The summed E-state index contributed by atoms with van der Waals surface area (Å²) in [5, 5.41) is 0. The van der Waals surface area contributed by atoms with E-state index in [1.54, 1.807) is 5.57 Å². The van der Waals surface area contributed by atoms with E-state index in [0.717, 1.165) is 49.9 Å². The minimum atomic E-state index is 0.877. The molecule has 244 valence electrons. The SMILES string of the molecule is [N-]=[N+]=C1C=C(C2=CCCCCCCC2)CCCCCC1.[N-]=[N+]=C1C=C(C2=CCCCCCCCCC2)CCCCCCCC1. The minimum Gasteiger partial charge on any atom is -0.361 e. The highest BCUT2D eigenvalue weighted by Crippen LogP contribution is 2.29. The second kappa shape index (κ2) is 24.0. The van der Waals surface area contributed by atoms with Gasteiger partial charge in [-0.05, 0) is 112 Å². The largest absolute Gasteiger partial charge is 0.361 e. The molecule has 4 aliphatic carbocycles. The van der Waals surface area contributed by atoms with Gasteiger partial charge in [-0.2, -0.15) is 9.58 Å². The van der Waals surface area contributed by atoms with Gasteiger partial charge in [0.15, 0.2) is 0 Å². The van der Waals surface area contributed by atoms with E-state index in [1.807, 2.05) is 0 Å². The normalized spacial score (nSPS) is 23.0. The van der Waals surface area contributed by atoms with Crippen LogP contribution in [-0.4, -0.2) is 21.0 Å². The molecule has 4 rings (SSSR count). The van der Waals surface area contributed by atoms with Gasteiger partial charge in [-0.15, -0.1) is 0 Å². The van der Waals surface area contributed by atoms with Gasteiger partial charge in [0.25, 0.3) is 11.4 Å². The molecule has 0 aromatic carbocycles. The van der Waals surface area contributed by atoms with Crippen LogP contribution in [0, 0.1) is 0 Å². The van der Waals surface area contributed by atoms with Gasteiger partial charge in [-0.1, -0.05) is 102 Å². The molecule has 0 spiro atoms. The smallest absolute Gasteiger partial charge is 0.292 e. The molecule has 0 bridgehead atoms. The van der Waals surface area contributed by atoms with Crippen molar-refractivity contribution in [2.45, 2.75) is 193 Å². The van der Waals surface area contributed by atoms with E-state index >= 15 is 0 Å². The zero-order valence-corrected chi connectivity index (χ0v) is 28.3. The van der Waals surface area contributed by atoms with E-state index in [2.05, 4.69) is 33.9 Å².